The Balaban J connectivity index is 1.54. The van der Waals surface area contributed by atoms with Gasteiger partial charge in [-0.3, -0.25) is 0 Å². The molecule has 162 valence electrons. The molecule has 4 nitrogen and oxygen atoms in total. The zero-order valence-corrected chi connectivity index (χ0v) is 19.0. The van der Waals surface area contributed by atoms with E-state index >= 15 is 0 Å². The lowest BCUT2D eigenvalue weighted by atomic mass is 9.94. The fourth-order valence-electron chi connectivity index (χ4n) is 4.94. The standard InChI is InChI=1S/C26H22O4S2/c27-21-10-12-22(13-11-21)31(16-1-2-17-31)30-32(28,29)24-15-9-20-7-6-18-4-3-5-19-8-14-23(24)26(20)25(18)19/h3-15,27H,1-2,16-17H2. The third-order valence-electron chi connectivity index (χ3n) is 6.44. The van der Waals surface area contributed by atoms with Crippen LogP contribution in [0, 0.1) is 0 Å². The number of hydrogen-bond donors (Lipinski definition) is 1. The van der Waals surface area contributed by atoms with E-state index in [0.29, 0.717) is 16.9 Å². The van der Waals surface area contributed by atoms with Gasteiger partial charge < -0.3 is 5.11 Å². The van der Waals surface area contributed by atoms with Crippen molar-refractivity contribution in [3.8, 4) is 5.75 Å². The second-order valence-electron chi connectivity index (χ2n) is 8.36. The molecular formula is C26H22O4S2. The van der Waals surface area contributed by atoms with Gasteiger partial charge >= 0.3 is 10.1 Å². The number of phenols is 1. The lowest BCUT2D eigenvalue weighted by molar-refractivity contribution is 0.475. The van der Waals surface area contributed by atoms with E-state index in [1.165, 1.54) is 0 Å². The Hall–Kier alpha value is -2.80. The van der Waals surface area contributed by atoms with Crippen molar-refractivity contribution in [3.05, 3.63) is 78.9 Å². The van der Waals surface area contributed by atoms with Crippen LogP contribution in [0.5, 0.6) is 5.75 Å². The lowest BCUT2D eigenvalue weighted by Crippen LogP contribution is -2.15. The molecule has 0 bridgehead atoms. The average Bonchev–Trinajstić information content (AvgIpc) is 3.26. The van der Waals surface area contributed by atoms with Gasteiger partial charge in [-0.05, 0) is 70.1 Å². The maximum Gasteiger partial charge on any atom is 0.307 e. The maximum absolute atomic E-state index is 13.7. The van der Waals surface area contributed by atoms with Crippen molar-refractivity contribution < 1.29 is 17.2 Å². The van der Waals surface area contributed by atoms with Crippen LogP contribution in [0.1, 0.15) is 12.8 Å². The van der Waals surface area contributed by atoms with Gasteiger partial charge in [0.2, 0.25) is 0 Å². The van der Waals surface area contributed by atoms with Gasteiger partial charge in [-0.1, -0.05) is 58.8 Å². The fourth-order valence-corrected chi connectivity index (χ4v) is 10.8. The minimum atomic E-state index is -4.01. The largest absolute Gasteiger partial charge is 0.508 e. The Bertz CT molecular complexity index is 1550. The summed E-state index contributed by atoms with van der Waals surface area (Å²) >= 11 is 0. The predicted octanol–water partition coefficient (Wildman–Crippen LogP) is 6.57. The number of benzene rings is 5. The molecule has 0 aromatic heterocycles. The molecule has 0 radical (unpaired) electrons. The Morgan fingerprint density at radius 1 is 0.719 bits per heavy atom. The minimum absolute atomic E-state index is 0.163. The van der Waals surface area contributed by atoms with E-state index in [9.17, 15) is 13.5 Å². The van der Waals surface area contributed by atoms with Crippen molar-refractivity contribution >= 4 is 52.7 Å². The quantitative estimate of drug-likeness (QED) is 0.307. The Kier molecular flexibility index (Phi) is 4.41. The second-order valence-corrected chi connectivity index (χ2v) is 13.2. The van der Waals surface area contributed by atoms with E-state index in [4.69, 9.17) is 3.63 Å². The third-order valence-corrected chi connectivity index (χ3v) is 12.1. The molecule has 32 heavy (non-hydrogen) atoms. The Labute approximate surface area is 188 Å². The first-order valence-corrected chi connectivity index (χ1v) is 14.0. The van der Waals surface area contributed by atoms with Crippen LogP contribution in [-0.4, -0.2) is 25.0 Å². The van der Waals surface area contributed by atoms with E-state index in [1.54, 1.807) is 30.3 Å². The average molecular weight is 463 g/mol. The predicted molar refractivity (Wildman–Crippen MR) is 131 cm³/mol. The van der Waals surface area contributed by atoms with E-state index in [2.05, 4.69) is 18.2 Å². The van der Waals surface area contributed by atoms with Crippen molar-refractivity contribution in [3.63, 3.8) is 0 Å². The maximum atomic E-state index is 13.7. The van der Waals surface area contributed by atoms with Crippen LogP contribution in [0.2, 0.25) is 0 Å². The summed E-state index contributed by atoms with van der Waals surface area (Å²) in [6.07, 6.45) is 1.87. The molecule has 0 atom stereocenters. The smallest absolute Gasteiger partial charge is 0.307 e. The number of phenolic OH excluding ortho intramolecular Hbond substituents is 1. The Morgan fingerprint density at radius 3 is 2.00 bits per heavy atom. The molecular weight excluding hydrogens is 440 g/mol. The van der Waals surface area contributed by atoms with Crippen molar-refractivity contribution in [2.45, 2.75) is 22.6 Å². The summed E-state index contributed by atoms with van der Waals surface area (Å²) in [7, 11) is -6.00. The van der Waals surface area contributed by atoms with Gasteiger partial charge in [0.15, 0.2) is 0 Å². The van der Waals surface area contributed by atoms with Gasteiger partial charge in [-0.2, -0.15) is 8.42 Å². The SMILES string of the molecule is O=S(=O)(OS1(c2ccc(O)cc2)CCCC1)c1ccc2ccc3cccc4ccc1c2c34. The summed E-state index contributed by atoms with van der Waals surface area (Å²) in [6, 6.07) is 24.5. The monoisotopic (exact) mass is 462 g/mol. The van der Waals surface area contributed by atoms with Gasteiger partial charge in [-0.15, -0.1) is 0 Å². The molecule has 0 spiro atoms. The molecule has 1 heterocycles. The van der Waals surface area contributed by atoms with Crippen LogP contribution in [0.3, 0.4) is 0 Å². The third kappa shape index (κ3) is 2.98. The summed E-state index contributed by atoms with van der Waals surface area (Å²) in [6.45, 7) is 0. The molecule has 6 heteroatoms. The van der Waals surface area contributed by atoms with Crippen molar-refractivity contribution in [2.75, 3.05) is 11.5 Å². The van der Waals surface area contributed by atoms with Crippen LogP contribution < -0.4 is 0 Å². The molecule has 1 aliphatic heterocycles. The zero-order valence-electron chi connectivity index (χ0n) is 17.3. The highest BCUT2D eigenvalue weighted by atomic mass is 32.3. The molecule has 6 rings (SSSR count). The molecule has 0 aliphatic carbocycles. The molecule has 0 saturated carbocycles. The molecule has 1 fully saturated rings. The molecule has 1 N–H and O–H groups in total. The highest BCUT2D eigenvalue weighted by molar-refractivity contribution is 8.33. The van der Waals surface area contributed by atoms with Crippen LogP contribution in [0.25, 0.3) is 32.3 Å². The van der Waals surface area contributed by atoms with Gasteiger partial charge in [0.05, 0.1) is 0 Å². The van der Waals surface area contributed by atoms with Gasteiger partial charge in [0.25, 0.3) is 0 Å². The van der Waals surface area contributed by atoms with Crippen LogP contribution in [0.15, 0.2) is 88.7 Å². The summed E-state index contributed by atoms with van der Waals surface area (Å²) in [5.74, 6) is 1.59. The van der Waals surface area contributed by atoms with Crippen LogP contribution >= 0.6 is 10.3 Å². The normalized spacial score (nSPS) is 17.4. The summed E-state index contributed by atoms with van der Waals surface area (Å²) in [4.78, 5) is 1.09. The Morgan fingerprint density at radius 2 is 1.31 bits per heavy atom. The fraction of sp³-hybridized carbons (Fsp3) is 0.154. The first kappa shape index (κ1) is 19.9. The first-order chi connectivity index (χ1) is 15.5. The molecule has 1 aliphatic rings. The number of hydrogen-bond acceptors (Lipinski definition) is 4. The lowest BCUT2D eigenvalue weighted by Gasteiger charge is -2.34. The number of aromatic hydroxyl groups is 1. The molecule has 0 amide bonds. The second kappa shape index (κ2) is 7.10. The zero-order chi connectivity index (χ0) is 21.9. The van der Waals surface area contributed by atoms with E-state index in [0.717, 1.165) is 44.7 Å². The van der Waals surface area contributed by atoms with E-state index in [-0.39, 0.29) is 10.6 Å². The van der Waals surface area contributed by atoms with E-state index in [1.807, 2.05) is 30.3 Å². The van der Waals surface area contributed by atoms with Gasteiger partial charge in [-0.25, -0.2) is 3.63 Å². The van der Waals surface area contributed by atoms with Crippen molar-refractivity contribution in [1.82, 2.24) is 0 Å². The topological polar surface area (TPSA) is 63.6 Å². The summed E-state index contributed by atoms with van der Waals surface area (Å²) in [5, 5.41) is 15.7. The highest BCUT2D eigenvalue weighted by Crippen LogP contribution is 2.63. The van der Waals surface area contributed by atoms with Crippen molar-refractivity contribution in [1.29, 1.82) is 0 Å². The highest BCUT2D eigenvalue weighted by Gasteiger charge is 2.37. The van der Waals surface area contributed by atoms with Gasteiger partial charge in [0.1, 0.15) is 10.6 Å². The van der Waals surface area contributed by atoms with Gasteiger partial charge in [0, 0.05) is 21.8 Å². The molecule has 5 aromatic rings. The van der Waals surface area contributed by atoms with Crippen LogP contribution in [0.4, 0.5) is 0 Å². The molecule has 5 aromatic carbocycles. The molecule has 1 saturated heterocycles. The minimum Gasteiger partial charge on any atom is -0.508 e. The summed E-state index contributed by atoms with van der Waals surface area (Å²) < 4.78 is 33.6. The van der Waals surface area contributed by atoms with Crippen LogP contribution in [-0.2, 0) is 13.7 Å². The number of rotatable bonds is 4. The van der Waals surface area contributed by atoms with Crippen molar-refractivity contribution in [2.24, 2.45) is 0 Å². The summed E-state index contributed by atoms with van der Waals surface area (Å²) in [5.41, 5.74) is 0. The first-order valence-electron chi connectivity index (χ1n) is 10.7. The van der Waals surface area contributed by atoms with E-state index < -0.39 is 20.4 Å². The molecule has 0 unspecified atom stereocenters.